The average molecular weight is 371 g/mol. The fourth-order valence-electron chi connectivity index (χ4n) is 2.65. The minimum atomic E-state index is -0.587. The fraction of sp³-hybridized carbons (Fsp3) is 0.222. The number of carbonyl (C=O) groups excluding carboxylic acids is 1. The lowest BCUT2D eigenvalue weighted by Gasteiger charge is -2.02. The van der Waals surface area contributed by atoms with E-state index in [-0.39, 0.29) is 11.4 Å². The number of hydrogen-bond donors (Lipinski definition) is 3. The second-order valence-electron chi connectivity index (χ2n) is 5.88. The van der Waals surface area contributed by atoms with Gasteiger partial charge in [-0.05, 0) is 24.6 Å². The Morgan fingerprint density at radius 3 is 2.88 bits per heavy atom. The van der Waals surface area contributed by atoms with Gasteiger partial charge in [-0.25, -0.2) is 9.98 Å². The first-order valence-electron chi connectivity index (χ1n) is 8.19. The van der Waals surface area contributed by atoms with Gasteiger partial charge in [0.05, 0.1) is 11.9 Å². The number of rotatable bonds is 6. The van der Waals surface area contributed by atoms with Crippen LogP contribution in [0.4, 0.5) is 5.82 Å². The average Bonchev–Trinajstić information content (AvgIpc) is 3.16. The number of amides is 1. The number of benzene rings is 1. The summed E-state index contributed by atoms with van der Waals surface area (Å²) in [7, 11) is 0. The molecule has 2 aromatic heterocycles. The van der Waals surface area contributed by atoms with Gasteiger partial charge in [0.1, 0.15) is 17.1 Å². The molecule has 4 N–H and O–H groups in total. The normalized spacial score (nSPS) is 11.3. The lowest BCUT2D eigenvalue weighted by Crippen LogP contribution is -2.13. The van der Waals surface area contributed by atoms with E-state index >= 15 is 0 Å². The van der Waals surface area contributed by atoms with Gasteiger partial charge in [0.2, 0.25) is 0 Å². The molecule has 0 aliphatic rings. The lowest BCUT2D eigenvalue weighted by molar-refractivity contribution is 0.100. The summed E-state index contributed by atoms with van der Waals surface area (Å²) in [5, 5.41) is 7.61. The molecule has 0 unspecified atom stereocenters. The molecular weight excluding hydrogens is 352 g/mol. The molecule has 3 aromatic rings. The van der Waals surface area contributed by atoms with E-state index < -0.39 is 5.91 Å². The van der Waals surface area contributed by atoms with Gasteiger partial charge in [-0.3, -0.25) is 9.89 Å². The molecule has 0 bridgehead atoms. The molecule has 0 atom stereocenters. The van der Waals surface area contributed by atoms with Crippen LogP contribution < -0.4 is 5.73 Å². The Balaban J connectivity index is 1.90. The highest BCUT2D eigenvalue weighted by molar-refractivity contribution is 6.30. The minimum Gasteiger partial charge on any atom is -0.365 e. The molecule has 3 rings (SSSR count). The maximum Gasteiger partial charge on any atom is 0.254 e. The van der Waals surface area contributed by atoms with Crippen molar-refractivity contribution < 1.29 is 4.79 Å². The summed E-state index contributed by atoms with van der Waals surface area (Å²) in [6.45, 7) is 3.93. The number of aryl methyl sites for hydroxylation is 2. The predicted molar refractivity (Wildman–Crippen MR) is 101 cm³/mol. The van der Waals surface area contributed by atoms with Crippen molar-refractivity contribution in [3.63, 3.8) is 0 Å². The summed E-state index contributed by atoms with van der Waals surface area (Å²) < 4.78 is 0. The van der Waals surface area contributed by atoms with Gasteiger partial charge < -0.3 is 10.7 Å². The Hall–Kier alpha value is -2.93. The molecule has 0 fully saturated rings. The molecule has 8 heteroatoms. The van der Waals surface area contributed by atoms with Gasteiger partial charge in [-0.15, -0.1) is 0 Å². The lowest BCUT2D eigenvalue weighted by atomic mass is 10.1. The van der Waals surface area contributed by atoms with Crippen LogP contribution in [-0.2, 0) is 12.8 Å². The van der Waals surface area contributed by atoms with Crippen molar-refractivity contribution in [2.24, 2.45) is 10.7 Å². The highest BCUT2D eigenvalue weighted by Gasteiger charge is 2.18. The Kier molecular flexibility index (Phi) is 5.18. The monoisotopic (exact) mass is 370 g/mol. The van der Waals surface area contributed by atoms with E-state index in [0.29, 0.717) is 22.8 Å². The molecule has 0 spiro atoms. The van der Waals surface area contributed by atoms with Crippen molar-refractivity contribution in [1.82, 2.24) is 20.2 Å². The molecule has 1 aromatic carbocycles. The summed E-state index contributed by atoms with van der Waals surface area (Å²) in [6.07, 6.45) is 2.83. The Morgan fingerprint density at radius 1 is 1.42 bits per heavy atom. The molecule has 0 radical (unpaired) electrons. The topological polar surface area (TPSA) is 113 Å². The molecule has 134 valence electrons. The summed E-state index contributed by atoms with van der Waals surface area (Å²) in [4.78, 5) is 23.8. The Morgan fingerprint density at radius 2 is 2.23 bits per heavy atom. The maximum atomic E-state index is 11.9. The van der Waals surface area contributed by atoms with Crippen LogP contribution in [0.5, 0.6) is 0 Å². The zero-order valence-corrected chi connectivity index (χ0v) is 15.3. The van der Waals surface area contributed by atoms with Crippen molar-refractivity contribution in [1.29, 1.82) is 0 Å². The van der Waals surface area contributed by atoms with Gasteiger partial charge in [0, 0.05) is 23.6 Å². The second kappa shape index (κ2) is 7.53. The number of nitrogens with two attached hydrogens (primary N) is 1. The number of aliphatic imine (C=N–C) groups is 1. The van der Waals surface area contributed by atoms with Crippen LogP contribution in [0.3, 0.4) is 0 Å². The van der Waals surface area contributed by atoms with Crippen LogP contribution in [0.25, 0.3) is 0 Å². The third kappa shape index (κ3) is 3.83. The largest absolute Gasteiger partial charge is 0.365 e. The van der Waals surface area contributed by atoms with Crippen LogP contribution in [0.15, 0.2) is 29.3 Å². The molecule has 7 nitrogen and oxygen atoms in total. The van der Waals surface area contributed by atoms with Crippen molar-refractivity contribution in [3.8, 4) is 0 Å². The zero-order valence-electron chi connectivity index (χ0n) is 14.5. The first-order chi connectivity index (χ1) is 12.5. The molecule has 26 heavy (non-hydrogen) atoms. The molecule has 2 heterocycles. The smallest absolute Gasteiger partial charge is 0.254 e. The highest BCUT2D eigenvalue weighted by Crippen LogP contribution is 2.23. The summed E-state index contributed by atoms with van der Waals surface area (Å²) >= 11 is 6.01. The number of primary amides is 1. The standard InChI is InChI=1S/C18H19ClN6O/c1-3-15-22-10(2)14(23-15)9-21-18-16(17(20)26)13(24-25-18)8-11-5-4-6-12(19)7-11/h4-7,9H,3,8H2,1-2H3,(H2,20,26)(H,22,23)(H,24,25). The van der Waals surface area contributed by atoms with E-state index in [1.54, 1.807) is 12.3 Å². The van der Waals surface area contributed by atoms with Crippen molar-refractivity contribution >= 4 is 29.5 Å². The predicted octanol–water partition coefficient (Wildman–Crippen LogP) is 3.10. The Bertz CT molecular complexity index is 972. The van der Waals surface area contributed by atoms with Gasteiger partial charge in [0.25, 0.3) is 5.91 Å². The molecular formula is C18H19ClN6O. The van der Waals surface area contributed by atoms with Crippen LogP contribution in [0.2, 0.25) is 5.02 Å². The van der Waals surface area contributed by atoms with Crippen LogP contribution >= 0.6 is 11.6 Å². The number of carbonyl (C=O) groups is 1. The Labute approximate surface area is 155 Å². The van der Waals surface area contributed by atoms with E-state index in [4.69, 9.17) is 17.3 Å². The number of halogens is 1. The minimum absolute atomic E-state index is 0.245. The number of H-pyrrole nitrogens is 2. The number of aromatic nitrogens is 4. The van der Waals surface area contributed by atoms with Gasteiger partial charge in [-0.2, -0.15) is 5.10 Å². The SMILES string of the molecule is CCc1nc(C=Nc2n[nH]c(Cc3cccc(Cl)c3)c2C(N)=O)c(C)[nH]1. The molecule has 0 aliphatic carbocycles. The zero-order chi connectivity index (χ0) is 18.7. The number of nitrogens with zero attached hydrogens (tertiary/aromatic N) is 3. The van der Waals surface area contributed by atoms with Crippen LogP contribution in [-0.4, -0.2) is 32.3 Å². The van der Waals surface area contributed by atoms with Crippen LogP contribution in [0, 0.1) is 6.92 Å². The highest BCUT2D eigenvalue weighted by atomic mass is 35.5. The number of aromatic amines is 2. The number of hydrogen-bond acceptors (Lipinski definition) is 4. The van der Waals surface area contributed by atoms with Crippen LogP contribution in [0.1, 0.15) is 45.8 Å². The van der Waals surface area contributed by atoms with Crippen molar-refractivity contribution in [3.05, 3.63) is 63.3 Å². The summed E-state index contributed by atoms with van der Waals surface area (Å²) in [6, 6.07) is 7.39. The quantitative estimate of drug-likeness (QED) is 0.579. The van der Waals surface area contributed by atoms with E-state index in [9.17, 15) is 4.79 Å². The number of nitrogens with one attached hydrogen (secondary N) is 2. The second-order valence-corrected chi connectivity index (χ2v) is 6.31. The fourth-order valence-corrected chi connectivity index (χ4v) is 2.86. The number of imidazole rings is 1. The van der Waals surface area contributed by atoms with E-state index in [2.05, 4.69) is 25.2 Å². The third-order valence-corrected chi connectivity index (χ3v) is 4.19. The van der Waals surface area contributed by atoms with E-state index in [0.717, 1.165) is 23.5 Å². The van der Waals surface area contributed by atoms with Crippen molar-refractivity contribution in [2.45, 2.75) is 26.7 Å². The molecule has 0 aliphatic heterocycles. The third-order valence-electron chi connectivity index (χ3n) is 3.95. The van der Waals surface area contributed by atoms with Gasteiger partial charge in [0.15, 0.2) is 5.82 Å². The molecule has 0 saturated heterocycles. The van der Waals surface area contributed by atoms with Gasteiger partial charge in [-0.1, -0.05) is 30.7 Å². The summed E-state index contributed by atoms with van der Waals surface area (Å²) in [5.74, 6) is 0.536. The molecule has 0 saturated carbocycles. The first kappa shape index (κ1) is 17.9. The van der Waals surface area contributed by atoms with E-state index in [1.165, 1.54) is 0 Å². The summed E-state index contributed by atoms with van der Waals surface area (Å²) in [5.41, 5.74) is 8.96. The van der Waals surface area contributed by atoms with E-state index in [1.807, 2.05) is 32.0 Å². The molecule has 1 amide bonds. The first-order valence-corrected chi connectivity index (χ1v) is 8.56. The maximum absolute atomic E-state index is 11.9. The van der Waals surface area contributed by atoms with Crippen molar-refractivity contribution in [2.75, 3.05) is 0 Å². The van der Waals surface area contributed by atoms with Gasteiger partial charge >= 0.3 is 0 Å².